The summed E-state index contributed by atoms with van der Waals surface area (Å²) in [5, 5.41) is 23.9. The minimum absolute atomic E-state index is 0. The quantitative estimate of drug-likeness (QED) is 0.261. The first-order valence-electron chi connectivity index (χ1n) is 14.6. The van der Waals surface area contributed by atoms with Crippen LogP contribution in [0.25, 0.3) is 20.7 Å². The van der Waals surface area contributed by atoms with Crippen molar-refractivity contribution >= 4 is 21.4 Å². The van der Waals surface area contributed by atoms with Gasteiger partial charge in [0, 0.05) is 37.9 Å². The molecule has 3 nitrogen and oxygen atoms in total. The molecule has 38 heavy (non-hydrogen) atoms. The Labute approximate surface area is 247 Å². The van der Waals surface area contributed by atoms with E-state index in [-0.39, 0.29) is 49.1 Å². The van der Waals surface area contributed by atoms with E-state index >= 15 is 0 Å². The van der Waals surface area contributed by atoms with E-state index in [1.165, 1.54) is 35.8 Å². The number of thiophene rings is 1. The summed E-state index contributed by atoms with van der Waals surface area (Å²) in [4.78, 5) is 5.43. The van der Waals surface area contributed by atoms with E-state index in [0.717, 1.165) is 49.1 Å². The Morgan fingerprint density at radius 3 is 1.89 bits per heavy atom. The molecule has 0 saturated heterocycles. The number of benzene rings is 1. The predicted molar refractivity (Wildman–Crippen MR) is 157 cm³/mol. The number of nitrogens with zero attached hydrogens (tertiary/aromatic N) is 1. The maximum atomic E-state index is 11.4. The zero-order valence-electron chi connectivity index (χ0n) is 23.6. The van der Waals surface area contributed by atoms with Crippen LogP contribution < -0.4 is 0 Å². The summed E-state index contributed by atoms with van der Waals surface area (Å²) in [5.41, 5.74) is 1.05. The summed E-state index contributed by atoms with van der Waals surface area (Å²) < 4.78 is 1.26. The third-order valence-corrected chi connectivity index (χ3v) is 11.2. The molecule has 5 rings (SSSR count). The van der Waals surface area contributed by atoms with Gasteiger partial charge in [-0.1, -0.05) is 64.8 Å². The summed E-state index contributed by atoms with van der Waals surface area (Å²) in [6, 6.07) is 17.6. The zero-order chi connectivity index (χ0) is 26.5. The predicted octanol–water partition coefficient (Wildman–Crippen LogP) is 8.68. The van der Waals surface area contributed by atoms with E-state index in [0.29, 0.717) is 5.92 Å². The van der Waals surface area contributed by atoms with E-state index < -0.39 is 0 Å². The molecule has 2 unspecified atom stereocenters. The summed E-state index contributed by atoms with van der Waals surface area (Å²) in [7, 11) is 0. The molecule has 0 bridgehead atoms. The Hall–Kier alpha value is -1.10. The van der Waals surface area contributed by atoms with Crippen LogP contribution in [0.3, 0.4) is 0 Å². The van der Waals surface area contributed by atoms with Gasteiger partial charge in [0.2, 0.25) is 0 Å². The molecule has 1 aromatic carbocycles. The standard InChI is InChI=1S/C20H38O2.C13H8NS.Ir/c1-5-19(6-2)13-9-11-15-12-10-14-20(7-3,8-4)18(22)16(15)17(19)21;1-2-7-12-10(5-1)9-13(15-12)11-6-3-4-8-14-11;/h15-18,21-22H,5-14H2,1-4H3;1-8H;/q;-1;. The molecule has 2 heterocycles. The Bertz CT molecular complexity index is 1040. The molecule has 0 spiro atoms. The number of aliphatic hydroxyl groups is 2. The molecule has 1 radical (unpaired) electrons. The Kier molecular flexibility index (Phi) is 11.6. The van der Waals surface area contributed by atoms with Crippen LogP contribution in [0.2, 0.25) is 0 Å². The largest absolute Gasteiger partial charge is 0.392 e. The number of fused-ring (bicyclic) bond motifs is 2. The van der Waals surface area contributed by atoms with Crippen molar-refractivity contribution in [3.63, 3.8) is 0 Å². The van der Waals surface area contributed by atoms with Crippen LogP contribution in [0.5, 0.6) is 0 Å². The molecular formula is C33H46IrNO2S-. The molecule has 5 heteroatoms. The number of hydrogen-bond donors (Lipinski definition) is 2. The van der Waals surface area contributed by atoms with Crippen molar-refractivity contribution in [3.05, 3.63) is 54.7 Å². The average molecular weight is 713 g/mol. The fourth-order valence-corrected chi connectivity index (χ4v) is 8.32. The van der Waals surface area contributed by atoms with Crippen LogP contribution in [0, 0.1) is 28.7 Å². The third kappa shape index (κ3) is 6.28. The monoisotopic (exact) mass is 713 g/mol. The molecule has 0 aliphatic heterocycles. The Balaban J connectivity index is 0.000000218. The molecule has 2 N–H and O–H groups in total. The minimum atomic E-state index is -0.333. The van der Waals surface area contributed by atoms with Crippen LogP contribution in [0.15, 0.2) is 48.7 Å². The fourth-order valence-electron chi connectivity index (χ4n) is 7.34. The molecule has 2 atom stereocenters. The summed E-state index contributed by atoms with van der Waals surface area (Å²) >= 11 is 1.73. The van der Waals surface area contributed by atoms with Crippen LogP contribution in [-0.2, 0) is 20.1 Å². The first-order chi connectivity index (χ1) is 17.9. The van der Waals surface area contributed by atoms with Gasteiger partial charge < -0.3 is 15.2 Å². The molecule has 2 fully saturated rings. The van der Waals surface area contributed by atoms with Gasteiger partial charge in [-0.2, -0.15) is 0 Å². The summed E-state index contributed by atoms with van der Waals surface area (Å²) in [6.45, 7) is 8.90. The molecular weight excluding hydrogens is 667 g/mol. The van der Waals surface area contributed by atoms with Gasteiger partial charge in [0.1, 0.15) is 0 Å². The topological polar surface area (TPSA) is 53.4 Å². The Morgan fingerprint density at radius 1 is 0.842 bits per heavy atom. The third-order valence-electron chi connectivity index (χ3n) is 10.1. The average Bonchev–Trinajstić information content (AvgIpc) is 3.26. The van der Waals surface area contributed by atoms with Crippen LogP contribution in [0.4, 0.5) is 0 Å². The summed E-state index contributed by atoms with van der Waals surface area (Å²) in [5.74, 6) is 0.606. The number of aromatic nitrogens is 1. The van der Waals surface area contributed by atoms with Crippen LogP contribution in [0.1, 0.15) is 91.9 Å². The maximum Gasteiger partial charge on any atom is 0.0651 e. The SMILES string of the molecule is CCC1(CC)CCCC2CCCC(CC)(CC)C(O)C2C1O.[Ir].[c-]1c(-c2ccccn2)sc2ccccc12. The molecule has 3 aromatic rings. The van der Waals surface area contributed by atoms with Gasteiger partial charge >= 0.3 is 0 Å². The molecule has 0 amide bonds. The van der Waals surface area contributed by atoms with Crippen LogP contribution >= 0.6 is 11.3 Å². The number of hydrogen-bond acceptors (Lipinski definition) is 4. The van der Waals surface area contributed by atoms with Crippen LogP contribution in [-0.4, -0.2) is 27.4 Å². The van der Waals surface area contributed by atoms with Crippen molar-refractivity contribution in [2.75, 3.05) is 0 Å². The van der Waals surface area contributed by atoms with E-state index in [1.54, 1.807) is 11.3 Å². The molecule has 2 aliphatic rings. The van der Waals surface area contributed by atoms with E-state index in [2.05, 4.69) is 56.9 Å². The van der Waals surface area contributed by atoms with Crippen molar-refractivity contribution < 1.29 is 30.3 Å². The van der Waals surface area contributed by atoms with Gasteiger partial charge in [0.05, 0.1) is 12.2 Å². The molecule has 2 aliphatic carbocycles. The van der Waals surface area contributed by atoms with Gasteiger partial charge in [-0.25, -0.2) is 11.3 Å². The van der Waals surface area contributed by atoms with Crippen molar-refractivity contribution in [3.8, 4) is 10.6 Å². The first-order valence-corrected chi connectivity index (χ1v) is 15.4. The first kappa shape index (κ1) is 31.4. The van der Waals surface area contributed by atoms with Gasteiger partial charge in [-0.15, -0.1) is 23.6 Å². The number of pyridine rings is 1. The smallest absolute Gasteiger partial charge is 0.0651 e. The number of rotatable bonds is 5. The Morgan fingerprint density at radius 2 is 1.39 bits per heavy atom. The number of aliphatic hydroxyl groups excluding tert-OH is 2. The molecule has 2 saturated carbocycles. The van der Waals surface area contributed by atoms with Crippen molar-refractivity contribution in [1.29, 1.82) is 0 Å². The van der Waals surface area contributed by atoms with Crippen molar-refractivity contribution in [2.45, 2.75) is 104 Å². The second kappa shape index (κ2) is 14.0. The molecule has 211 valence electrons. The van der Waals surface area contributed by atoms with E-state index in [9.17, 15) is 10.2 Å². The van der Waals surface area contributed by atoms with Gasteiger partial charge in [-0.05, 0) is 83.8 Å². The van der Waals surface area contributed by atoms with Crippen molar-refractivity contribution in [2.24, 2.45) is 22.7 Å². The second-order valence-electron chi connectivity index (χ2n) is 11.4. The van der Waals surface area contributed by atoms with Gasteiger partial charge in [0.15, 0.2) is 0 Å². The second-order valence-corrected chi connectivity index (χ2v) is 12.5. The maximum absolute atomic E-state index is 11.4. The summed E-state index contributed by atoms with van der Waals surface area (Å²) in [6.07, 6.45) is 12.4. The van der Waals surface area contributed by atoms with E-state index in [1.807, 2.05) is 30.5 Å². The molecule has 2 aromatic heterocycles. The van der Waals surface area contributed by atoms with Gasteiger partial charge in [-0.3, -0.25) is 0 Å². The normalized spacial score (nSPS) is 26.2. The zero-order valence-corrected chi connectivity index (χ0v) is 26.8. The van der Waals surface area contributed by atoms with Gasteiger partial charge in [0.25, 0.3) is 0 Å². The minimum Gasteiger partial charge on any atom is -0.392 e. The van der Waals surface area contributed by atoms with E-state index in [4.69, 9.17) is 0 Å². The fraction of sp³-hybridized carbons (Fsp3) is 0.606. The van der Waals surface area contributed by atoms with Crippen molar-refractivity contribution in [1.82, 2.24) is 4.98 Å².